The fourth-order valence-electron chi connectivity index (χ4n) is 3.52. The molecule has 0 fully saturated rings. The van der Waals surface area contributed by atoms with E-state index in [2.05, 4.69) is 5.32 Å². The first-order valence-corrected chi connectivity index (χ1v) is 10.4. The minimum Gasteiger partial charge on any atom is -0.458 e. The number of nitrogens with one attached hydrogen (secondary N) is 1. The van der Waals surface area contributed by atoms with Crippen LogP contribution in [0.2, 0.25) is 0 Å². The molecular weight excluding hydrogens is 386 g/mol. The number of benzene rings is 2. The fourth-order valence-corrected chi connectivity index (χ4v) is 3.52. The number of hydrogen-bond donors (Lipinski definition) is 1. The molecule has 0 radical (unpaired) electrons. The summed E-state index contributed by atoms with van der Waals surface area (Å²) in [6.07, 6.45) is 1.93. The number of imidazole rings is 1. The first kappa shape index (κ1) is 20.7. The van der Waals surface area contributed by atoms with Crippen molar-refractivity contribution in [2.24, 2.45) is 0 Å². The average Bonchev–Trinajstić information content (AvgIpc) is 3.12. The maximum Gasteiger partial charge on any atom is 0.335 e. The fraction of sp³-hybridized carbons (Fsp3) is 0.231. The third kappa shape index (κ3) is 4.61. The molecule has 0 amide bonds. The number of nitrogens with zero attached hydrogens (tertiary/aromatic N) is 2. The Balaban J connectivity index is 1.89. The number of rotatable bonds is 5. The van der Waals surface area contributed by atoms with Gasteiger partial charge in [0.2, 0.25) is 0 Å². The number of hydrogen-bond acceptors (Lipinski definition) is 4. The second kappa shape index (κ2) is 8.26. The van der Waals surface area contributed by atoms with E-state index < -0.39 is 11.6 Å². The van der Waals surface area contributed by atoms with E-state index in [4.69, 9.17) is 9.72 Å². The summed E-state index contributed by atoms with van der Waals surface area (Å²) in [5.41, 5.74) is 4.60. The van der Waals surface area contributed by atoms with Crippen LogP contribution in [-0.2, 0) is 9.53 Å². The van der Waals surface area contributed by atoms with Crippen LogP contribution < -0.4 is 5.32 Å². The van der Waals surface area contributed by atoms with Crippen LogP contribution in [0.15, 0.2) is 79.0 Å². The molecule has 0 aliphatic heterocycles. The molecule has 31 heavy (non-hydrogen) atoms. The maximum absolute atomic E-state index is 13.4. The molecule has 4 rings (SSSR count). The lowest BCUT2D eigenvalue weighted by atomic mass is 10.0. The van der Waals surface area contributed by atoms with Crippen molar-refractivity contribution in [2.45, 2.75) is 39.3 Å². The van der Waals surface area contributed by atoms with Crippen LogP contribution in [0.1, 0.15) is 38.1 Å². The lowest BCUT2D eigenvalue weighted by Gasteiger charge is -2.26. The number of fused-ring (bicyclic) bond motifs is 1. The van der Waals surface area contributed by atoms with Crippen LogP contribution in [0.4, 0.5) is 5.69 Å². The molecule has 0 saturated carbocycles. The summed E-state index contributed by atoms with van der Waals surface area (Å²) < 4.78 is 7.77. The molecule has 0 aliphatic carbocycles. The van der Waals surface area contributed by atoms with Crippen LogP contribution in [0.5, 0.6) is 0 Å². The summed E-state index contributed by atoms with van der Waals surface area (Å²) in [5, 5.41) is 3.40. The van der Waals surface area contributed by atoms with Crippen LogP contribution in [0.25, 0.3) is 16.9 Å². The molecule has 2 aromatic heterocycles. The van der Waals surface area contributed by atoms with Crippen LogP contribution >= 0.6 is 0 Å². The van der Waals surface area contributed by atoms with Gasteiger partial charge in [-0.3, -0.25) is 0 Å². The predicted octanol–water partition coefficient (Wildman–Crippen LogP) is 5.80. The number of carbonyl (C=O) groups is 1. The van der Waals surface area contributed by atoms with E-state index in [0.717, 1.165) is 33.8 Å². The summed E-state index contributed by atoms with van der Waals surface area (Å²) in [4.78, 5) is 18.3. The zero-order chi connectivity index (χ0) is 22.0. The number of carbonyl (C=O) groups excluding carboxylic acids is 1. The molecule has 0 saturated heterocycles. The number of aryl methyl sites for hydroxylation is 1. The quantitative estimate of drug-likeness (QED) is 0.420. The van der Waals surface area contributed by atoms with Gasteiger partial charge in [-0.05, 0) is 52.0 Å². The number of anilines is 1. The monoisotopic (exact) mass is 413 g/mol. The van der Waals surface area contributed by atoms with Gasteiger partial charge in [-0.25, -0.2) is 9.78 Å². The maximum atomic E-state index is 13.4. The smallest absolute Gasteiger partial charge is 0.335 e. The van der Waals surface area contributed by atoms with Gasteiger partial charge in [0.25, 0.3) is 0 Å². The SMILES string of the molecule is Cc1ccc(NC(C(=O)OC(C)(C)C)c2c(-c3ccccc3)nc3ccccn23)cc1. The standard InChI is InChI=1S/C26H27N3O2/c1-18-13-15-20(16-14-18)27-23(25(30)31-26(2,3)4)24-22(19-10-6-5-7-11-19)28-21-12-8-9-17-29(21)24/h5-17,23,27H,1-4H3. The molecular formula is C26H27N3O2. The summed E-state index contributed by atoms with van der Waals surface area (Å²) in [6, 6.07) is 23.0. The van der Waals surface area contributed by atoms with Crippen LogP contribution in [0, 0.1) is 6.92 Å². The molecule has 0 spiro atoms. The Kier molecular flexibility index (Phi) is 5.51. The van der Waals surface area contributed by atoms with Gasteiger partial charge in [0.1, 0.15) is 11.2 Å². The van der Waals surface area contributed by atoms with E-state index in [1.165, 1.54) is 0 Å². The highest BCUT2D eigenvalue weighted by Gasteiger charge is 2.32. The summed E-state index contributed by atoms with van der Waals surface area (Å²) in [5.74, 6) is -0.351. The number of pyridine rings is 1. The number of ether oxygens (including phenoxy) is 1. The molecule has 5 nitrogen and oxygen atoms in total. The normalized spacial score (nSPS) is 12.5. The van der Waals surface area contributed by atoms with Crippen LogP contribution in [0.3, 0.4) is 0 Å². The molecule has 1 N–H and O–H groups in total. The molecule has 158 valence electrons. The zero-order valence-corrected chi connectivity index (χ0v) is 18.3. The molecule has 0 bridgehead atoms. The Morgan fingerprint density at radius 2 is 1.65 bits per heavy atom. The Morgan fingerprint density at radius 3 is 2.32 bits per heavy atom. The second-order valence-corrected chi connectivity index (χ2v) is 8.62. The van der Waals surface area contributed by atoms with Gasteiger partial charge in [-0.1, -0.05) is 54.1 Å². The van der Waals surface area contributed by atoms with Crippen molar-refractivity contribution in [1.29, 1.82) is 0 Å². The second-order valence-electron chi connectivity index (χ2n) is 8.62. The minimum atomic E-state index is -0.741. The van der Waals surface area contributed by atoms with Crippen molar-refractivity contribution in [3.8, 4) is 11.3 Å². The van der Waals surface area contributed by atoms with E-state index in [-0.39, 0.29) is 5.97 Å². The Morgan fingerprint density at radius 1 is 0.968 bits per heavy atom. The van der Waals surface area contributed by atoms with Crippen molar-refractivity contribution in [3.63, 3.8) is 0 Å². The van der Waals surface area contributed by atoms with Gasteiger partial charge in [-0.2, -0.15) is 0 Å². The van der Waals surface area contributed by atoms with E-state index in [1.807, 2.05) is 111 Å². The average molecular weight is 414 g/mol. The largest absolute Gasteiger partial charge is 0.458 e. The highest BCUT2D eigenvalue weighted by Crippen LogP contribution is 2.32. The molecule has 1 atom stereocenters. The summed E-state index contributed by atoms with van der Waals surface area (Å²) in [6.45, 7) is 7.66. The van der Waals surface area contributed by atoms with Gasteiger partial charge < -0.3 is 14.5 Å². The first-order chi connectivity index (χ1) is 14.8. The molecule has 2 heterocycles. The third-order valence-corrected chi connectivity index (χ3v) is 4.89. The predicted molar refractivity (Wildman–Crippen MR) is 124 cm³/mol. The van der Waals surface area contributed by atoms with E-state index in [9.17, 15) is 4.79 Å². The Labute approximate surface area is 182 Å². The van der Waals surface area contributed by atoms with Crippen molar-refractivity contribution >= 4 is 17.3 Å². The lowest BCUT2D eigenvalue weighted by molar-refractivity contribution is -0.156. The third-order valence-electron chi connectivity index (χ3n) is 4.89. The van der Waals surface area contributed by atoms with Gasteiger partial charge in [0, 0.05) is 17.4 Å². The number of aromatic nitrogens is 2. The van der Waals surface area contributed by atoms with Gasteiger partial charge in [0.05, 0.1) is 11.4 Å². The van der Waals surface area contributed by atoms with E-state index in [0.29, 0.717) is 0 Å². The topological polar surface area (TPSA) is 55.6 Å². The van der Waals surface area contributed by atoms with E-state index >= 15 is 0 Å². The zero-order valence-electron chi connectivity index (χ0n) is 18.3. The van der Waals surface area contributed by atoms with Gasteiger partial charge in [0.15, 0.2) is 6.04 Å². The number of esters is 1. The van der Waals surface area contributed by atoms with Crippen molar-refractivity contribution in [2.75, 3.05) is 5.32 Å². The highest BCUT2D eigenvalue weighted by molar-refractivity contribution is 5.84. The first-order valence-electron chi connectivity index (χ1n) is 10.4. The van der Waals surface area contributed by atoms with Crippen molar-refractivity contribution in [1.82, 2.24) is 9.38 Å². The van der Waals surface area contributed by atoms with Crippen LogP contribution in [-0.4, -0.2) is 21.0 Å². The Bertz CT molecular complexity index is 1190. The highest BCUT2D eigenvalue weighted by atomic mass is 16.6. The minimum absolute atomic E-state index is 0.351. The summed E-state index contributed by atoms with van der Waals surface area (Å²) >= 11 is 0. The Hall–Kier alpha value is -3.60. The van der Waals surface area contributed by atoms with Gasteiger partial charge >= 0.3 is 5.97 Å². The molecule has 0 aliphatic rings. The van der Waals surface area contributed by atoms with Gasteiger partial charge in [-0.15, -0.1) is 0 Å². The molecule has 4 aromatic rings. The summed E-state index contributed by atoms with van der Waals surface area (Å²) in [7, 11) is 0. The van der Waals surface area contributed by atoms with Crippen molar-refractivity contribution in [3.05, 3.63) is 90.3 Å². The van der Waals surface area contributed by atoms with E-state index in [1.54, 1.807) is 0 Å². The molecule has 5 heteroatoms. The lowest BCUT2D eigenvalue weighted by Crippen LogP contribution is -2.32. The molecule has 1 unspecified atom stereocenters. The molecule has 2 aromatic carbocycles. The van der Waals surface area contributed by atoms with Crippen molar-refractivity contribution < 1.29 is 9.53 Å².